The molecule has 1 aliphatic carbocycles. The second-order valence-corrected chi connectivity index (χ2v) is 4.97. The molecule has 20 heavy (non-hydrogen) atoms. The van der Waals surface area contributed by atoms with Gasteiger partial charge in [0, 0.05) is 30.3 Å². The quantitative estimate of drug-likeness (QED) is 0.846. The minimum absolute atomic E-state index is 0.0329. The summed E-state index contributed by atoms with van der Waals surface area (Å²) in [4.78, 5) is 15.6. The van der Waals surface area contributed by atoms with E-state index < -0.39 is 0 Å². The van der Waals surface area contributed by atoms with Gasteiger partial charge in [0.1, 0.15) is 0 Å². The Morgan fingerprint density at radius 1 is 1.30 bits per heavy atom. The first-order chi connectivity index (χ1) is 9.81. The van der Waals surface area contributed by atoms with Crippen molar-refractivity contribution in [2.24, 2.45) is 0 Å². The van der Waals surface area contributed by atoms with Gasteiger partial charge in [-0.3, -0.25) is 4.79 Å². The Bertz CT molecular complexity index is 559. The summed E-state index contributed by atoms with van der Waals surface area (Å²) in [6.45, 7) is 0.743. The van der Waals surface area contributed by atoms with Crippen LogP contribution in [0.15, 0.2) is 41.3 Å². The van der Waals surface area contributed by atoms with Crippen LogP contribution in [0.25, 0.3) is 11.3 Å². The standard InChI is InChI=1S/C15H17N3O2/c19-15(7-8-17-12-5-6-12)18-13-3-1-11(2-4-13)14-9-16-10-20-14/h1-4,9-10,12,17H,5-8H2,(H,18,19). The highest BCUT2D eigenvalue weighted by molar-refractivity contribution is 5.91. The van der Waals surface area contributed by atoms with Crippen LogP contribution in [0.2, 0.25) is 0 Å². The number of aromatic nitrogens is 1. The third-order valence-electron chi connectivity index (χ3n) is 3.25. The molecule has 104 valence electrons. The Hall–Kier alpha value is -2.14. The van der Waals surface area contributed by atoms with E-state index in [1.807, 2.05) is 24.3 Å². The van der Waals surface area contributed by atoms with E-state index >= 15 is 0 Å². The Balaban J connectivity index is 1.50. The molecule has 0 aliphatic heterocycles. The zero-order valence-electron chi connectivity index (χ0n) is 11.1. The average Bonchev–Trinajstić information content (AvgIpc) is 3.11. The molecule has 0 unspecified atom stereocenters. The van der Waals surface area contributed by atoms with Gasteiger partial charge in [-0.2, -0.15) is 0 Å². The zero-order chi connectivity index (χ0) is 13.8. The van der Waals surface area contributed by atoms with Gasteiger partial charge in [-0.1, -0.05) is 0 Å². The first-order valence-corrected chi connectivity index (χ1v) is 6.83. The van der Waals surface area contributed by atoms with Gasteiger partial charge in [0.15, 0.2) is 12.2 Å². The highest BCUT2D eigenvalue weighted by atomic mass is 16.3. The number of rotatable bonds is 6. The molecule has 3 rings (SSSR count). The van der Waals surface area contributed by atoms with E-state index in [0.717, 1.165) is 23.6 Å². The summed E-state index contributed by atoms with van der Waals surface area (Å²) in [5, 5.41) is 6.20. The summed E-state index contributed by atoms with van der Waals surface area (Å²) in [5.74, 6) is 0.752. The maximum atomic E-state index is 11.7. The van der Waals surface area contributed by atoms with Crippen LogP contribution in [0.3, 0.4) is 0 Å². The molecule has 1 saturated carbocycles. The van der Waals surface area contributed by atoms with Gasteiger partial charge >= 0.3 is 0 Å². The van der Waals surface area contributed by atoms with E-state index in [9.17, 15) is 4.79 Å². The molecule has 2 N–H and O–H groups in total. The number of nitrogens with one attached hydrogen (secondary N) is 2. The molecule has 0 atom stereocenters. The fourth-order valence-electron chi connectivity index (χ4n) is 1.98. The van der Waals surface area contributed by atoms with Crippen LogP contribution in [0.5, 0.6) is 0 Å². The molecule has 0 bridgehead atoms. The number of amides is 1. The first kappa shape index (κ1) is 12.9. The van der Waals surface area contributed by atoms with Crippen molar-refractivity contribution in [1.82, 2.24) is 10.3 Å². The summed E-state index contributed by atoms with van der Waals surface area (Å²) in [7, 11) is 0. The lowest BCUT2D eigenvalue weighted by Gasteiger charge is -2.06. The van der Waals surface area contributed by atoms with Gasteiger partial charge < -0.3 is 15.1 Å². The minimum Gasteiger partial charge on any atom is -0.444 e. The number of nitrogens with zero attached hydrogens (tertiary/aromatic N) is 1. The second kappa shape index (κ2) is 5.88. The molecule has 1 amide bonds. The molecular weight excluding hydrogens is 254 g/mol. The van der Waals surface area contributed by atoms with Crippen LogP contribution >= 0.6 is 0 Å². The molecule has 0 radical (unpaired) electrons. The SMILES string of the molecule is O=C(CCNC1CC1)Nc1ccc(-c2cnco2)cc1. The van der Waals surface area contributed by atoms with Gasteiger partial charge in [-0.05, 0) is 37.1 Å². The van der Waals surface area contributed by atoms with Gasteiger partial charge in [0.25, 0.3) is 0 Å². The zero-order valence-corrected chi connectivity index (χ0v) is 11.1. The maximum absolute atomic E-state index is 11.7. The van der Waals surface area contributed by atoms with Crippen LogP contribution in [0.1, 0.15) is 19.3 Å². The van der Waals surface area contributed by atoms with Crippen molar-refractivity contribution in [2.45, 2.75) is 25.3 Å². The first-order valence-electron chi connectivity index (χ1n) is 6.83. The summed E-state index contributed by atoms with van der Waals surface area (Å²) >= 11 is 0. The largest absolute Gasteiger partial charge is 0.444 e. The number of hydrogen-bond acceptors (Lipinski definition) is 4. The van der Waals surface area contributed by atoms with Crippen LogP contribution in [0, 0.1) is 0 Å². The van der Waals surface area contributed by atoms with E-state index in [0.29, 0.717) is 12.5 Å². The molecule has 1 aromatic heterocycles. The van der Waals surface area contributed by atoms with Crippen molar-refractivity contribution in [3.8, 4) is 11.3 Å². The van der Waals surface area contributed by atoms with Crippen molar-refractivity contribution < 1.29 is 9.21 Å². The Morgan fingerprint density at radius 2 is 2.10 bits per heavy atom. The lowest BCUT2D eigenvalue weighted by Crippen LogP contribution is -2.23. The second-order valence-electron chi connectivity index (χ2n) is 4.97. The number of oxazole rings is 1. The lowest BCUT2D eigenvalue weighted by atomic mass is 10.1. The maximum Gasteiger partial charge on any atom is 0.225 e. The van der Waals surface area contributed by atoms with Crippen molar-refractivity contribution in [3.63, 3.8) is 0 Å². The van der Waals surface area contributed by atoms with Gasteiger partial charge in [-0.15, -0.1) is 0 Å². The van der Waals surface area contributed by atoms with Gasteiger partial charge in [0.05, 0.1) is 6.20 Å². The molecule has 5 nitrogen and oxygen atoms in total. The molecule has 0 spiro atoms. The predicted octanol–water partition coefficient (Wildman–Crippen LogP) is 2.42. The molecule has 1 aromatic carbocycles. The summed E-state index contributed by atoms with van der Waals surface area (Å²) < 4.78 is 5.22. The van der Waals surface area contributed by atoms with Crippen molar-refractivity contribution in [1.29, 1.82) is 0 Å². The molecule has 2 aromatic rings. The fourth-order valence-corrected chi connectivity index (χ4v) is 1.98. The molecular formula is C15H17N3O2. The average molecular weight is 271 g/mol. The number of anilines is 1. The van der Waals surface area contributed by atoms with E-state index in [1.54, 1.807) is 6.20 Å². The number of benzene rings is 1. The van der Waals surface area contributed by atoms with Crippen LogP contribution in [-0.2, 0) is 4.79 Å². The predicted molar refractivity (Wildman–Crippen MR) is 76.2 cm³/mol. The molecule has 1 fully saturated rings. The van der Waals surface area contributed by atoms with E-state index in [2.05, 4.69) is 15.6 Å². The topological polar surface area (TPSA) is 67.2 Å². The fraction of sp³-hybridized carbons (Fsp3) is 0.333. The number of carbonyl (C=O) groups is 1. The normalized spacial score (nSPS) is 14.2. The molecule has 5 heteroatoms. The Labute approximate surface area is 117 Å². The molecule has 0 saturated heterocycles. The third kappa shape index (κ3) is 3.45. The van der Waals surface area contributed by atoms with Gasteiger partial charge in [0.2, 0.25) is 5.91 Å². The van der Waals surface area contributed by atoms with Crippen LogP contribution in [0.4, 0.5) is 5.69 Å². The number of carbonyl (C=O) groups excluding carboxylic acids is 1. The minimum atomic E-state index is 0.0329. The lowest BCUT2D eigenvalue weighted by molar-refractivity contribution is -0.116. The highest BCUT2D eigenvalue weighted by Crippen LogP contribution is 2.21. The number of hydrogen-bond donors (Lipinski definition) is 2. The van der Waals surface area contributed by atoms with Crippen molar-refractivity contribution in [3.05, 3.63) is 36.9 Å². The van der Waals surface area contributed by atoms with E-state index in [1.165, 1.54) is 19.2 Å². The summed E-state index contributed by atoms with van der Waals surface area (Å²) in [6.07, 6.45) is 6.05. The molecule has 1 aliphatic rings. The smallest absolute Gasteiger partial charge is 0.225 e. The summed E-state index contributed by atoms with van der Waals surface area (Å²) in [6, 6.07) is 8.18. The monoisotopic (exact) mass is 271 g/mol. The van der Waals surface area contributed by atoms with Gasteiger partial charge in [-0.25, -0.2) is 4.98 Å². The van der Waals surface area contributed by atoms with Crippen LogP contribution < -0.4 is 10.6 Å². The van der Waals surface area contributed by atoms with Crippen molar-refractivity contribution in [2.75, 3.05) is 11.9 Å². The van der Waals surface area contributed by atoms with Crippen LogP contribution in [-0.4, -0.2) is 23.5 Å². The van der Waals surface area contributed by atoms with Crippen molar-refractivity contribution >= 4 is 11.6 Å². The third-order valence-corrected chi connectivity index (χ3v) is 3.25. The Morgan fingerprint density at radius 3 is 2.75 bits per heavy atom. The molecule has 1 heterocycles. The summed E-state index contributed by atoms with van der Waals surface area (Å²) in [5.41, 5.74) is 1.74. The van der Waals surface area contributed by atoms with E-state index in [4.69, 9.17) is 4.42 Å². The highest BCUT2D eigenvalue weighted by Gasteiger charge is 2.20. The Kier molecular flexibility index (Phi) is 3.78. The van der Waals surface area contributed by atoms with E-state index in [-0.39, 0.29) is 5.91 Å².